The molecule has 2 nitrogen and oxygen atoms in total. The van der Waals surface area contributed by atoms with E-state index in [1.807, 2.05) is 0 Å². The Hall–Kier alpha value is -0.540. The second kappa shape index (κ2) is 5.84. The van der Waals surface area contributed by atoms with E-state index in [9.17, 15) is 0 Å². The number of hydrogen-bond acceptors (Lipinski definition) is 2. The number of hydrogen-bond donors (Lipinski definition) is 1. The Kier molecular flexibility index (Phi) is 4.57. The van der Waals surface area contributed by atoms with E-state index in [2.05, 4.69) is 59.8 Å². The van der Waals surface area contributed by atoms with E-state index in [-0.39, 0.29) is 0 Å². The molecule has 0 spiro atoms. The largest absolute Gasteiger partial charge is 0.371 e. The van der Waals surface area contributed by atoms with Gasteiger partial charge in [-0.1, -0.05) is 36.7 Å². The Morgan fingerprint density at radius 2 is 2.11 bits per heavy atom. The van der Waals surface area contributed by atoms with Crippen molar-refractivity contribution in [3.63, 3.8) is 0 Å². The van der Waals surface area contributed by atoms with Crippen LogP contribution in [0.2, 0.25) is 0 Å². The summed E-state index contributed by atoms with van der Waals surface area (Å²) >= 11 is 3.56. The second-order valence-electron chi connectivity index (χ2n) is 6.61. The van der Waals surface area contributed by atoms with Crippen molar-refractivity contribution in [1.82, 2.24) is 0 Å². The minimum atomic E-state index is 0.401. The van der Waals surface area contributed by atoms with Gasteiger partial charge in [0, 0.05) is 23.2 Å². The van der Waals surface area contributed by atoms with Gasteiger partial charge in [-0.15, -0.1) is 0 Å². The van der Waals surface area contributed by atoms with E-state index in [0.29, 0.717) is 12.0 Å². The molecule has 0 saturated carbocycles. The summed E-state index contributed by atoms with van der Waals surface area (Å²) in [5.41, 5.74) is 8.88. The molecule has 0 radical (unpaired) electrons. The lowest BCUT2D eigenvalue weighted by Crippen LogP contribution is -2.26. The zero-order valence-corrected chi connectivity index (χ0v) is 13.8. The monoisotopic (exact) mass is 324 g/mol. The van der Waals surface area contributed by atoms with Gasteiger partial charge in [-0.2, -0.15) is 0 Å². The van der Waals surface area contributed by atoms with Crippen LogP contribution in [0.4, 0.5) is 5.69 Å². The molecule has 1 aromatic carbocycles. The molecule has 2 rings (SSSR count). The SMILES string of the molecule is CC(C)(C)C1CCN(c2ccc(Br)cc2CCN)C1. The third-order valence-corrected chi connectivity index (χ3v) is 4.70. The molecule has 1 saturated heterocycles. The zero-order chi connectivity index (χ0) is 14.0. The number of nitrogens with zero attached hydrogens (tertiary/aromatic N) is 1. The van der Waals surface area contributed by atoms with E-state index in [0.717, 1.165) is 16.8 Å². The number of halogens is 1. The molecule has 106 valence electrons. The van der Waals surface area contributed by atoms with E-state index in [4.69, 9.17) is 5.73 Å². The maximum Gasteiger partial charge on any atom is 0.0400 e. The van der Waals surface area contributed by atoms with Gasteiger partial charge in [0.1, 0.15) is 0 Å². The van der Waals surface area contributed by atoms with Crippen molar-refractivity contribution in [2.24, 2.45) is 17.1 Å². The molecule has 1 aliphatic rings. The van der Waals surface area contributed by atoms with Gasteiger partial charge in [0.05, 0.1) is 0 Å². The molecule has 1 atom stereocenters. The smallest absolute Gasteiger partial charge is 0.0400 e. The first-order valence-corrected chi connectivity index (χ1v) is 7.94. The maximum atomic E-state index is 5.74. The minimum absolute atomic E-state index is 0.401. The summed E-state index contributed by atoms with van der Waals surface area (Å²) in [6, 6.07) is 6.59. The van der Waals surface area contributed by atoms with E-state index in [1.165, 1.54) is 30.8 Å². The molecular formula is C16H25BrN2. The Labute approximate surface area is 125 Å². The van der Waals surface area contributed by atoms with Crippen molar-refractivity contribution < 1.29 is 0 Å². The fourth-order valence-corrected chi connectivity index (χ4v) is 3.31. The van der Waals surface area contributed by atoms with Crippen molar-refractivity contribution >= 4 is 21.6 Å². The molecule has 1 aromatic rings. The molecule has 0 bridgehead atoms. The van der Waals surface area contributed by atoms with Gasteiger partial charge >= 0.3 is 0 Å². The Bertz CT molecular complexity index is 437. The van der Waals surface area contributed by atoms with Crippen LogP contribution in [0.3, 0.4) is 0 Å². The molecule has 0 amide bonds. The fourth-order valence-electron chi connectivity index (χ4n) is 2.90. The topological polar surface area (TPSA) is 29.3 Å². The number of anilines is 1. The number of benzene rings is 1. The first kappa shape index (κ1) is 14.9. The standard InChI is InChI=1S/C16H25BrN2/c1-16(2,3)13-7-9-19(11-13)15-5-4-14(17)10-12(15)6-8-18/h4-5,10,13H,6-9,11,18H2,1-3H3. The van der Waals surface area contributed by atoms with Crippen LogP contribution >= 0.6 is 15.9 Å². The zero-order valence-electron chi connectivity index (χ0n) is 12.2. The lowest BCUT2D eigenvalue weighted by molar-refractivity contribution is 0.263. The molecule has 19 heavy (non-hydrogen) atoms. The molecule has 1 heterocycles. The highest BCUT2D eigenvalue weighted by atomic mass is 79.9. The molecule has 1 aliphatic heterocycles. The van der Waals surface area contributed by atoms with Crippen LogP contribution < -0.4 is 10.6 Å². The molecule has 1 unspecified atom stereocenters. The van der Waals surface area contributed by atoms with Crippen LogP contribution in [0.1, 0.15) is 32.8 Å². The lowest BCUT2D eigenvalue weighted by Gasteiger charge is -2.28. The molecular weight excluding hydrogens is 300 g/mol. The van der Waals surface area contributed by atoms with Gasteiger partial charge < -0.3 is 10.6 Å². The molecule has 0 aliphatic carbocycles. The third-order valence-electron chi connectivity index (χ3n) is 4.21. The van der Waals surface area contributed by atoms with E-state index in [1.54, 1.807) is 0 Å². The van der Waals surface area contributed by atoms with E-state index < -0.39 is 0 Å². The lowest BCUT2D eigenvalue weighted by atomic mass is 9.80. The fraction of sp³-hybridized carbons (Fsp3) is 0.625. The third kappa shape index (κ3) is 3.51. The van der Waals surface area contributed by atoms with Crippen LogP contribution in [0.15, 0.2) is 22.7 Å². The van der Waals surface area contributed by atoms with Crippen LogP contribution in [-0.2, 0) is 6.42 Å². The van der Waals surface area contributed by atoms with Crippen molar-refractivity contribution in [2.45, 2.75) is 33.6 Å². The second-order valence-corrected chi connectivity index (χ2v) is 7.53. The van der Waals surface area contributed by atoms with Crippen molar-refractivity contribution in [3.05, 3.63) is 28.2 Å². The number of rotatable bonds is 3. The van der Waals surface area contributed by atoms with Crippen molar-refractivity contribution in [1.29, 1.82) is 0 Å². The van der Waals surface area contributed by atoms with Gasteiger partial charge in [0.25, 0.3) is 0 Å². The van der Waals surface area contributed by atoms with Crippen molar-refractivity contribution in [2.75, 3.05) is 24.5 Å². The molecule has 0 aromatic heterocycles. The summed E-state index contributed by atoms with van der Waals surface area (Å²) in [4.78, 5) is 2.54. The van der Waals surface area contributed by atoms with Gasteiger partial charge in [-0.25, -0.2) is 0 Å². The highest BCUT2D eigenvalue weighted by Gasteiger charge is 2.32. The van der Waals surface area contributed by atoms with Crippen LogP contribution in [-0.4, -0.2) is 19.6 Å². The predicted octanol–water partition coefficient (Wildman–Crippen LogP) is 3.82. The van der Waals surface area contributed by atoms with Gasteiger partial charge in [0.2, 0.25) is 0 Å². The first-order valence-electron chi connectivity index (χ1n) is 7.15. The van der Waals surface area contributed by atoms with Crippen molar-refractivity contribution in [3.8, 4) is 0 Å². The summed E-state index contributed by atoms with van der Waals surface area (Å²) < 4.78 is 1.14. The Balaban J connectivity index is 2.19. The van der Waals surface area contributed by atoms with Gasteiger partial charge in [-0.05, 0) is 54.5 Å². The maximum absolute atomic E-state index is 5.74. The first-order chi connectivity index (χ1) is 8.91. The molecule has 2 N–H and O–H groups in total. The summed E-state index contributed by atoms with van der Waals surface area (Å²) in [6.45, 7) is 10.1. The normalized spacial score (nSPS) is 20.1. The summed E-state index contributed by atoms with van der Waals surface area (Å²) in [7, 11) is 0. The summed E-state index contributed by atoms with van der Waals surface area (Å²) in [5, 5.41) is 0. The summed E-state index contributed by atoms with van der Waals surface area (Å²) in [5.74, 6) is 0.780. The van der Waals surface area contributed by atoms with E-state index >= 15 is 0 Å². The Morgan fingerprint density at radius 3 is 2.68 bits per heavy atom. The van der Waals surface area contributed by atoms with Crippen LogP contribution in [0, 0.1) is 11.3 Å². The summed E-state index contributed by atoms with van der Waals surface area (Å²) in [6.07, 6.45) is 2.24. The highest BCUT2D eigenvalue weighted by molar-refractivity contribution is 9.10. The quantitative estimate of drug-likeness (QED) is 0.915. The Morgan fingerprint density at radius 1 is 1.37 bits per heavy atom. The van der Waals surface area contributed by atoms with Gasteiger partial charge in [-0.3, -0.25) is 0 Å². The minimum Gasteiger partial charge on any atom is -0.371 e. The van der Waals surface area contributed by atoms with Crippen LogP contribution in [0.25, 0.3) is 0 Å². The predicted molar refractivity (Wildman–Crippen MR) is 86.7 cm³/mol. The highest BCUT2D eigenvalue weighted by Crippen LogP contribution is 2.37. The van der Waals surface area contributed by atoms with Gasteiger partial charge in [0.15, 0.2) is 0 Å². The average molecular weight is 325 g/mol. The molecule has 1 fully saturated rings. The average Bonchev–Trinajstić information content (AvgIpc) is 2.78. The van der Waals surface area contributed by atoms with Crippen LogP contribution in [0.5, 0.6) is 0 Å². The number of nitrogens with two attached hydrogens (primary N) is 1. The molecule has 3 heteroatoms.